The number of rotatable bonds is 6. The van der Waals surface area contributed by atoms with Crippen molar-refractivity contribution in [2.75, 3.05) is 11.9 Å². The molecule has 2 amide bonds. The Bertz CT molecular complexity index is 720. The van der Waals surface area contributed by atoms with Gasteiger partial charge in [-0.05, 0) is 38.0 Å². The first-order chi connectivity index (χ1) is 10.9. The summed E-state index contributed by atoms with van der Waals surface area (Å²) in [5.74, 6) is -0.226. The second-order valence-corrected chi connectivity index (χ2v) is 6.43. The fraction of sp³-hybridized carbons (Fsp3) is 0.294. The first-order valence-corrected chi connectivity index (χ1v) is 8.15. The van der Waals surface area contributed by atoms with Crippen molar-refractivity contribution < 1.29 is 14.3 Å². The van der Waals surface area contributed by atoms with Crippen molar-refractivity contribution in [2.24, 2.45) is 5.73 Å². The lowest BCUT2D eigenvalue weighted by Crippen LogP contribution is -2.22. The molecular formula is C17H20N2O3S. The van der Waals surface area contributed by atoms with Crippen LogP contribution in [0.15, 0.2) is 24.3 Å². The molecule has 0 aliphatic heterocycles. The molecule has 0 saturated heterocycles. The number of primary amides is 1. The van der Waals surface area contributed by atoms with Gasteiger partial charge in [0.05, 0.1) is 5.56 Å². The largest absolute Gasteiger partial charge is 0.484 e. The maximum atomic E-state index is 12.1. The van der Waals surface area contributed by atoms with E-state index in [1.807, 2.05) is 45.0 Å². The normalized spacial score (nSPS) is 10.4. The Morgan fingerprint density at radius 3 is 2.43 bits per heavy atom. The number of ether oxygens (including phenoxy) is 1. The molecule has 0 atom stereocenters. The highest BCUT2D eigenvalue weighted by Crippen LogP contribution is 2.33. The number of anilines is 1. The van der Waals surface area contributed by atoms with Gasteiger partial charge in [-0.25, -0.2) is 0 Å². The molecule has 0 radical (unpaired) electrons. The lowest BCUT2D eigenvalue weighted by Gasteiger charge is -2.08. The average Bonchev–Trinajstić information content (AvgIpc) is 2.82. The molecule has 2 aromatic rings. The van der Waals surface area contributed by atoms with Crippen molar-refractivity contribution in [1.29, 1.82) is 0 Å². The first kappa shape index (κ1) is 17.0. The van der Waals surface area contributed by atoms with Crippen LogP contribution in [0, 0.1) is 13.8 Å². The number of nitrogens with one attached hydrogen (secondary N) is 1. The van der Waals surface area contributed by atoms with Gasteiger partial charge in [-0.2, -0.15) is 0 Å². The van der Waals surface area contributed by atoms with Crippen LogP contribution in [0.2, 0.25) is 0 Å². The second kappa shape index (κ2) is 7.28. The zero-order valence-electron chi connectivity index (χ0n) is 13.4. The minimum atomic E-state index is -0.527. The SMILES string of the molecule is CCc1c(C)sc(NC(=O)COc2ccc(C)cc2)c1C(N)=O. The van der Waals surface area contributed by atoms with E-state index in [0.29, 0.717) is 22.7 Å². The Kier molecular flexibility index (Phi) is 5.39. The molecule has 0 spiro atoms. The lowest BCUT2D eigenvalue weighted by molar-refractivity contribution is -0.118. The molecule has 1 heterocycles. The van der Waals surface area contributed by atoms with Crippen LogP contribution < -0.4 is 15.8 Å². The number of nitrogens with two attached hydrogens (primary N) is 1. The van der Waals surface area contributed by atoms with Crippen LogP contribution in [-0.2, 0) is 11.2 Å². The summed E-state index contributed by atoms with van der Waals surface area (Å²) in [7, 11) is 0. The van der Waals surface area contributed by atoms with Gasteiger partial charge in [-0.3, -0.25) is 9.59 Å². The Morgan fingerprint density at radius 2 is 1.87 bits per heavy atom. The number of aryl methyl sites for hydroxylation is 2. The van der Waals surface area contributed by atoms with Crippen LogP contribution in [0.25, 0.3) is 0 Å². The highest BCUT2D eigenvalue weighted by atomic mass is 32.1. The van der Waals surface area contributed by atoms with Crippen LogP contribution in [0.1, 0.15) is 33.3 Å². The summed E-state index contributed by atoms with van der Waals surface area (Å²) in [4.78, 5) is 24.7. The highest BCUT2D eigenvalue weighted by Gasteiger charge is 2.20. The minimum absolute atomic E-state index is 0.125. The third kappa shape index (κ3) is 4.10. The molecule has 0 bridgehead atoms. The molecule has 0 fully saturated rings. The fourth-order valence-corrected chi connectivity index (χ4v) is 3.47. The molecule has 0 unspecified atom stereocenters. The molecule has 0 aliphatic carbocycles. The number of hydrogen-bond donors (Lipinski definition) is 2. The van der Waals surface area contributed by atoms with Crippen molar-refractivity contribution in [1.82, 2.24) is 0 Å². The van der Waals surface area contributed by atoms with Crippen LogP contribution >= 0.6 is 11.3 Å². The number of carbonyl (C=O) groups excluding carboxylic acids is 2. The van der Waals surface area contributed by atoms with Gasteiger partial charge in [0.2, 0.25) is 0 Å². The van der Waals surface area contributed by atoms with E-state index < -0.39 is 5.91 Å². The van der Waals surface area contributed by atoms with Gasteiger partial charge in [0.15, 0.2) is 6.61 Å². The third-order valence-corrected chi connectivity index (χ3v) is 4.52. The fourth-order valence-electron chi connectivity index (χ4n) is 2.30. The van der Waals surface area contributed by atoms with Gasteiger partial charge < -0.3 is 15.8 Å². The minimum Gasteiger partial charge on any atom is -0.484 e. The molecule has 5 nitrogen and oxygen atoms in total. The van der Waals surface area contributed by atoms with Crippen LogP contribution in [0.4, 0.5) is 5.00 Å². The molecular weight excluding hydrogens is 312 g/mol. The summed E-state index contributed by atoms with van der Waals surface area (Å²) in [6, 6.07) is 7.44. The Hall–Kier alpha value is -2.34. The monoisotopic (exact) mass is 332 g/mol. The van der Waals surface area contributed by atoms with Crippen LogP contribution in [0.3, 0.4) is 0 Å². The Balaban J connectivity index is 2.05. The number of amides is 2. The molecule has 1 aromatic carbocycles. The number of thiophene rings is 1. The molecule has 122 valence electrons. The first-order valence-electron chi connectivity index (χ1n) is 7.33. The summed E-state index contributed by atoms with van der Waals surface area (Å²) < 4.78 is 5.44. The third-order valence-electron chi connectivity index (χ3n) is 3.45. The smallest absolute Gasteiger partial charge is 0.262 e. The summed E-state index contributed by atoms with van der Waals surface area (Å²) >= 11 is 1.36. The van der Waals surface area contributed by atoms with Crippen LogP contribution in [0.5, 0.6) is 5.75 Å². The van der Waals surface area contributed by atoms with Crippen molar-refractivity contribution in [3.8, 4) is 5.75 Å². The Labute approximate surface area is 139 Å². The molecule has 2 rings (SSSR count). The van der Waals surface area contributed by atoms with Crippen molar-refractivity contribution in [3.63, 3.8) is 0 Å². The van der Waals surface area contributed by atoms with Gasteiger partial charge in [0.25, 0.3) is 11.8 Å². The average molecular weight is 332 g/mol. The Morgan fingerprint density at radius 1 is 1.22 bits per heavy atom. The number of carbonyl (C=O) groups is 2. The number of hydrogen-bond acceptors (Lipinski definition) is 4. The van der Waals surface area contributed by atoms with Crippen molar-refractivity contribution in [2.45, 2.75) is 27.2 Å². The van der Waals surface area contributed by atoms with Crippen LogP contribution in [-0.4, -0.2) is 18.4 Å². The van der Waals surface area contributed by atoms with Crippen molar-refractivity contribution >= 4 is 28.2 Å². The van der Waals surface area contributed by atoms with E-state index >= 15 is 0 Å². The molecule has 0 aliphatic rings. The van der Waals surface area contributed by atoms with Gasteiger partial charge in [0, 0.05) is 4.88 Å². The quantitative estimate of drug-likeness (QED) is 0.853. The van der Waals surface area contributed by atoms with E-state index in [-0.39, 0.29) is 12.5 Å². The van der Waals surface area contributed by atoms with Crippen molar-refractivity contribution in [3.05, 3.63) is 45.8 Å². The molecule has 0 saturated carbocycles. The molecule has 3 N–H and O–H groups in total. The van der Waals surface area contributed by atoms with Gasteiger partial charge in [-0.1, -0.05) is 24.6 Å². The summed E-state index contributed by atoms with van der Waals surface area (Å²) in [5.41, 5.74) is 7.85. The summed E-state index contributed by atoms with van der Waals surface area (Å²) in [6.45, 7) is 5.72. The summed E-state index contributed by atoms with van der Waals surface area (Å²) in [5, 5.41) is 3.21. The van der Waals surface area contributed by atoms with Gasteiger partial charge in [-0.15, -0.1) is 11.3 Å². The van der Waals surface area contributed by atoms with E-state index in [1.165, 1.54) is 11.3 Å². The topological polar surface area (TPSA) is 81.4 Å². The molecule has 6 heteroatoms. The van der Waals surface area contributed by atoms with E-state index in [4.69, 9.17) is 10.5 Å². The predicted octanol–water partition coefficient (Wildman–Crippen LogP) is 3.04. The van der Waals surface area contributed by atoms with E-state index in [2.05, 4.69) is 5.32 Å². The zero-order valence-corrected chi connectivity index (χ0v) is 14.3. The molecule has 1 aromatic heterocycles. The van der Waals surface area contributed by atoms with E-state index in [0.717, 1.165) is 16.0 Å². The van der Waals surface area contributed by atoms with Gasteiger partial charge >= 0.3 is 0 Å². The second-order valence-electron chi connectivity index (χ2n) is 5.21. The van der Waals surface area contributed by atoms with E-state index in [9.17, 15) is 9.59 Å². The maximum absolute atomic E-state index is 12.1. The van der Waals surface area contributed by atoms with Gasteiger partial charge in [0.1, 0.15) is 10.8 Å². The highest BCUT2D eigenvalue weighted by molar-refractivity contribution is 7.16. The predicted molar refractivity (Wildman–Crippen MR) is 92.3 cm³/mol. The number of benzene rings is 1. The van der Waals surface area contributed by atoms with E-state index in [1.54, 1.807) is 0 Å². The molecule has 23 heavy (non-hydrogen) atoms. The maximum Gasteiger partial charge on any atom is 0.262 e. The lowest BCUT2D eigenvalue weighted by atomic mass is 10.1. The zero-order chi connectivity index (χ0) is 17.0. The summed E-state index contributed by atoms with van der Waals surface area (Å²) in [6.07, 6.45) is 0.691. The standard InChI is InChI=1S/C17H20N2O3S/c1-4-13-11(3)23-17(15(13)16(18)21)19-14(20)9-22-12-7-5-10(2)6-8-12/h5-8H,4,9H2,1-3H3,(H2,18,21)(H,19,20).